The molecule has 18 heavy (non-hydrogen) atoms. The molecule has 2 unspecified atom stereocenters. The van der Waals surface area contributed by atoms with E-state index in [-0.39, 0.29) is 6.10 Å². The van der Waals surface area contributed by atoms with Crippen molar-refractivity contribution in [2.75, 3.05) is 0 Å². The third kappa shape index (κ3) is 6.20. The number of benzene rings is 1. The molecule has 0 amide bonds. The minimum Gasteiger partial charge on any atom is -0.388 e. The van der Waals surface area contributed by atoms with Crippen molar-refractivity contribution in [1.29, 1.82) is 0 Å². The van der Waals surface area contributed by atoms with Crippen LogP contribution in [0, 0.1) is 11.8 Å². The fraction of sp³-hybridized carbons (Fsp3) is 0.647. The second kappa shape index (κ2) is 8.31. The average Bonchev–Trinajstić information content (AvgIpc) is 2.36. The number of hydrogen-bond donors (Lipinski definition) is 1. The van der Waals surface area contributed by atoms with Crippen LogP contribution in [0.4, 0.5) is 0 Å². The van der Waals surface area contributed by atoms with E-state index in [9.17, 15) is 5.11 Å². The Hall–Kier alpha value is -0.820. The quantitative estimate of drug-likeness (QED) is 0.689. The van der Waals surface area contributed by atoms with E-state index >= 15 is 0 Å². The molecule has 0 saturated carbocycles. The van der Waals surface area contributed by atoms with Gasteiger partial charge < -0.3 is 5.11 Å². The maximum atomic E-state index is 10.1. The van der Waals surface area contributed by atoms with Crippen molar-refractivity contribution in [2.24, 2.45) is 11.8 Å². The van der Waals surface area contributed by atoms with Crippen LogP contribution in [-0.2, 0) is 0 Å². The van der Waals surface area contributed by atoms with Gasteiger partial charge in [0.05, 0.1) is 6.10 Å². The Bertz CT molecular complexity index is 305. The van der Waals surface area contributed by atoms with Gasteiger partial charge in [-0.3, -0.25) is 0 Å². The lowest BCUT2D eigenvalue weighted by molar-refractivity contribution is 0.156. The monoisotopic (exact) mass is 248 g/mol. The molecule has 0 aliphatic rings. The molecule has 0 bridgehead atoms. The molecule has 2 atom stereocenters. The van der Waals surface area contributed by atoms with Gasteiger partial charge in [0.1, 0.15) is 0 Å². The molecular weight excluding hydrogens is 220 g/mol. The maximum absolute atomic E-state index is 10.1. The van der Waals surface area contributed by atoms with Gasteiger partial charge in [0.25, 0.3) is 0 Å². The van der Waals surface area contributed by atoms with Gasteiger partial charge in [0, 0.05) is 0 Å². The predicted molar refractivity (Wildman–Crippen MR) is 78.5 cm³/mol. The molecule has 1 N–H and O–H groups in total. The second-order valence-corrected chi connectivity index (χ2v) is 5.93. The van der Waals surface area contributed by atoms with Gasteiger partial charge in [0.15, 0.2) is 0 Å². The lowest BCUT2D eigenvalue weighted by atomic mass is 9.93. The van der Waals surface area contributed by atoms with Crippen molar-refractivity contribution in [3.8, 4) is 0 Å². The van der Waals surface area contributed by atoms with Crippen LogP contribution in [0.2, 0.25) is 0 Å². The normalized spacial score (nSPS) is 14.7. The van der Waals surface area contributed by atoms with E-state index < -0.39 is 0 Å². The molecule has 0 saturated heterocycles. The molecule has 1 aromatic rings. The first-order chi connectivity index (χ1) is 8.59. The van der Waals surface area contributed by atoms with Crippen LogP contribution in [0.3, 0.4) is 0 Å². The average molecular weight is 248 g/mol. The molecule has 1 rings (SSSR count). The highest BCUT2D eigenvalue weighted by molar-refractivity contribution is 5.16. The van der Waals surface area contributed by atoms with E-state index in [0.717, 1.165) is 30.2 Å². The summed E-state index contributed by atoms with van der Waals surface area (Å²) in [6, 6.07) is 9.99. The highest BCUT2D eigenvalue weighted by Crippen LogP contribution is 2.23. The number of rotatable bonds is 8. The van der Waals surface area contributed by atoms with E-state index in [2.05, 4.69) is 20.8 Å². The van der Waals surface area contributed by atoms with Gasteiger partial charge >= 0.3 is 0 Å². The first kappa shape index (κ1) is 15.2. The van der Waals surface area contributed by atoms with E-state index in [1.165, 1.54) is 19.3 Å². The Morgan fingerprint density at radius 2 is 1.56 bits per heavy atom. The Morgan fingerprint density at radius 3 is 2.17 bits per heavy atom. The lowest BCUT2D eigenvalue weighted by Crippen LogP contribution is -2.02. The summed E-state index contributed by atoms with van der Waals surface area (Å²) in [6.45, 7) is 6.87. The standard InChI is InChI=1S/C17H28O/c1-14(2)8-7-9-15(3)12-13-17(18)16-10-5-4-6-11-16/h4-6,10-11,14-15,17-18H,7-9,12-13H2,1-3H3. The summed E-state index contributed by atoms with van der Waals surface area (Å²) in [5.74, 6) is 1.54. The van der Waals surface area contributed by atoms with Crippen LogP contribution in [0.15, 0.2) is 30.3 Å². The summed E-state index contributed by atoms with van der Waals surface area (Å²) in [7, 11) is 0. The van der Waals surface area contributed by atoms with E-state index in [1.54, 1.807) is 0 Å². The maximum Gasteiger partial charge on any atom is 0.0790 e. The molecule has 0 aliphatic heterocycles. The first-order valence-corrected chi connectivity index (χ1v) is 7.32. The molecule has 0 radical (unpaired) electrons. The van der Waals surface area contributed by atoms with E-state index in [4.69, 9.17) is 0 Å². The molecule has 1 aromatic carbocycles. The zero-order chi connectivity index (χ0) is 13.4. The van der Waals surface area contributed by atoms with E-state index in [1.807, 2.05) is 30.3 Å². The Kier molecular flexibility index (Phi) is 7.04. The summed E-state index contributed by atoms with van der Waals surface area (Å²) in [5, 5.41) is 10.1. The van der Waals surface area contributed by atoms with Crippen LogP contribution >= 0.6 is 0 Å². The van der Waals surface area contributed by atoms with Crippen LogP contribution < -0.4 is 0 Å². The van der Waals surface area contributed by atoms with Crippen molar-refractivity contribution in [3.05, 3.63) is 35.9 Å². The highest BCUT2D eigenvalue weighted by atomic mass is 16.3. The van der Waals surface area contributed by atoms with Gasteiger partial charge in [-0.25, -0.2) is 0 Å². The van der Waals surface area contributed by atoms with Crippen molar-refractivity contribution in [3.63, 3.8) is 0 Å². The molecule has 1 heteroatoms. The Labute approximate surface area is 112 Å². The minimum absolute atomic E-state index is 0.293. The van der Waals surface area contributed by atoms with Gasteiger partial charge in [-0.2, -0.15) is 0 Å². The largest absolute Gasteiger partial charge is 0.388 e. The zero-order valence-electron chi connectivity index (χ0n) is 12.1. The Morgan fingerprint density at radius 1 is 0.889 bits per heavy atom. The molecule has 0 aromatic heterocycles. The number of aliphatic hydroxyl groups excluding tert-OH is 1. The minimum atomic E-state index is -0.293. The summed E-state index contributed by atoms with van der Waals surface area (Å²) >= 11 is 0. The molecule has 102 valence electrons. The SMILES string of the molecule is CC(C)CCCC(C)CCC(O)c1ccccc1. The third-order valence-electron chi connectivity index (χ3n) is 3.60. The van der Waals surface area contributed by atoms with E-state index in [0.29, 0.717) is 0 Å². The highest BCUT2D eigenvalue weighted by Gasteiger charge is 2.10. The van der Waals surface area contributed by atoms with Crippen molar-refractivity contribution in [1.82, 2.24) is 0 Å². The fourth-order valence-electron chi connectivity index (χ4n) is 2.30. The second-order valence-electron chi connectivity index (χ2n) is 5.93. The van der Waals surface area contributed by atoms with Gasteiger partial charge in [0.2, 0.25) is 0 Å². The summed E-state index contributed by atoms with van der Waals surface area (Å²) in [6.07, 6.45) is 5.64. The van der Waals surface area contributed by atoms with Crippen LogP contribution in [-0.4, -0.2) is 5.11 Å². The summed E-state index contributed by atoms with van der Waals surface area (Å²) in [5.41, 5.74) is 1.05. The molecule has 0 aliphatic carbocycles. The molecule has 0 heterocycles. The fourth-order valence-corrected chi connectivity index (χ4v) is 2.30. The lowest BCUT2D eigenvalue weighted by Gasteiger charge is -2.15. The molecular formula is C17H28O. The third-order valence-corrected chi connectivity index (χ3v) is 3.60. The van der Waals surface area contributed by atoms with Gasteiger partial charge in [-0.1, -0.05) is 70.4 Å². The summed E-state index contributed by atoms with van der Waals surface area (Å²) in [4.78, 5) is 0. The smallest absolute Gasteiger partial charge is 0.0790 e. The predicted octanol–water partition coefficient (Wildman–Crippen LogP) is 4.96. The van der Waals surface area contributed by atoms with Crippen molar-refractivity contribution >= 4 is 0 Å². The number of aliphatic hydroxyl groups is 1. The van der Waals surface area contributed by atoms with Crippen molar-refractivity contribution < 1.29 is 5.11 Å². The zero-order valence-corrected chi connectivity index (χ0v) is 12.1. The summed E-state index contributed by atoms with van der Waals surface area (Å²) < 4.78 is 0. The molecule has 0 fully saturated rings. The van der Waals surface area contributed by atoms with Crippen LogP contribution in [0.25, 0.3) is 0 Å². The Balaban J connectivity index is 2.20. The van der Waals surface area contributed by atoms with Crippen LogP contribution in [0.5, 0.6) is 0 Å². The van der Waals surface area contributed by atoms with Gasteiger partial charge in [-0.05, 0) is 30.2 Å². The molecule has 1 nitrogen and oxygen atoms in total. The van der Waals surface area contributed by atoms with Gasteiger partial charge in [-0.15, -0.1) is 0 Å². The topological polar surface area (TPSA) is 20.2 Å². The van der Waals surface area contributed by atoms with Crippen molar-refractivity contribution in [2.45, 2.75) is 59.0 Å². The number of hydrogen-bond acceptors (Lipinski definition) is 1. The van der Waals surface area contributed by atoms with Crippen LogP contribution in [0.1, 0.15) is 64.5 Å². The first-order valence-electron chi connectivity index (χ1n) is 7.32. The molecule has 0 spiro atoms.